The smallest absolute Gasteiger partial charge is 0.225 e. The van der Waals surface area contributed by atoms with Gasteiger partial charge in [0.05, 0.1) is 5.92 Å². The van der Waals surface area contributed by atoms with Gasteiger partial charge in [-0.25, -0.2) is 0 Å². The van der Waals surface area contributed by atoms with E-state index >= 15 is 0 Å². The molecule has 4 heteroatoms. The molecule has 2 aliphatic rings. The van der Waals surface area contributed by atoms with Crippen LogP contribution in [-0.2, 0) is 9.53 Å². The summed E-state index contributed by atoms with van der Waals surface area (Å²) in [4.78, 5) is 12.3. The van der Waals surface area contributed by atoms with Crippen LogP contribution in [0.5, 0.6) is 0 Å². The molecule has 1 aliphatic carbocycles. The van der Waals surface area contributed by atoms with E-state index in [1.165, 1.54) is 0 Å². The maximum absolute atomic E-state index is 12.3. The summed E-state index contributed by atoms with van der Waals surface area (Å²) in [5.74, 6) is 0.140. The fraction of sp³-hybridized carbons (Fsp3) is 0.923. The molecule has 0 aromatic rings. The van der Waals surface area contributed by atoms with E-state index in [-0.39, 0.29) is 23.4 Å². The Balaban J connectivity index is 1.89. The highest BCUT2D eigenvalue weighted by molar-refractivity contribution is 5.80. The average molecular weight is 240 g/mol. The molecule has 1 saturated carbocycles. The molecule has 1 aliphatic heterocycles. The Kier molecular flexibility index (Phi) is 4.05. The molecule has 1 saturated heterocycles. The van der Waals surface area contributed by atoms with Crippen molar-refractivity contribution >= 4 is 5.91 Å². The highest BCUT2D eigenvalue weighted by Crippen LogP contribution is 2.31. The number of nitrogens with two attached hydrogens (primary N) is 1. The summed E-state index contributed by atoms with van der Waals surface area (Å²) >= 11 is 0. The van der Waals surface area contributed by atoms with E-state index in [2.05, 4.69) is 5.32 Å². The van der Waals surface area contributed by atoms with Crippen molar-refractivity contribution < 1.29 is 9.53 Å². The molecule has 0 aromatic carbocycles. The summed E-state index contributed by atoms with van der Waals surface area (Å²) in [6.07, 6.45) is 6.02. The second-order valence-corrected chi connectivity index (χ2v) is 5.70. The maximum atomic E-state index is 12.3. The third-order valence-electron chi connectivity index (χ3n) is 4.14. The Morgan fingerprint density at radius 3 is 2.65 bits per heavy atom. The molecular weight excluding hydrogens is 216 g/mol. The van der Waals surface area contributed by atoms with Gasteiger partial charge in [-0.05, 0) is 32.6 Å². The Morgan fingerprint density at radius 1 is 1.29 bits per heavy atom. The predicted octanol–water partition coefficient (Wildman–Crippen LogP) is 1.19. The zero-order chi connectivity index (χ0) is 12.3. The normalized spacial score (nSPS) is 35.5. The summed E-state index contributed by atoms with van der Waals surface area (Å²) < 4.78 is 5.29. The molecule has 3 N–H and O–H groups in total. The summed E-state index contributed by atoms with van der Waals surface area (Å²) in [5, 5.41) is 3.15. The number of carbonyl (C=O) groups is 1. The molecule has 17 heavy (non-hydrogen) atoms. The molecule has 2 rings (SSSR count). The van der Waals surface area contributed by atoms with Gasteiger partial charge in [-0.3, -0.25) is 4.79 Å². The first-order valence-electron chi connectivity index (χ1n) is 6.76. The van der Waals surface area contributed by atoms with Gasteiger partial charge in [0, 0.05) is 24.8 Å². The largest absolute Gasteiger partial charge is 0.381 e. The van der Waals surface area contributed by atoms with Crippen molar-refractivity contribution in [3.05, 3.63) is 0 Å². The molecule has 4 nitrogen and oxygen atoms in total. The van der Waals surface area contributed by atoms with Crippen LogP contribution in [0.25, 0.3) is 0 Å². The van der Waals surface area contributed by atoms with Crippen molar-refractivity contribution in [3.63, 3.8) is 0 Å². The van der Waals surface area contributed by atoms with Gasteiger partial charge in [0.15, 0.2) is 0 Å². The number of hydrogen-bond donors (Lipinski definition) is 2. The second kappa shape index (κ2) is 5.36. The first-order chi connectivity index (χ1) is 8.09. The first-order valence-corrected chi connectivity index (χ1v) is 6.76. The number of rotatable bonds is 2. The van der Waals surface area contributed by atoms with Crippen LogP contribution in [-0.4, -0.2) is 30.7 Å². The van der Waals surface area contributed by atoms with E-state index in [1.807, 2.05) is 6.92 Å². The lowest BCUT2D eigenvalue weighted by molar-refractivity contribution is -0.129. The lowest BCUT2D eigenvalue weighted by Crippen LogP contribution is -2.54. The molecule has 2 unspecified atom stereocenters. The van der Waals surface area contributed by atoms with Crippen LogP contribution in [0.3, 0.4) is 0 Å². The number of ether oxygens (including phenoxy) is 1. The van der Waals surface area contributed by atoms with Crippen LogP contribution in [0.15, 0.2) is 0 Å². The average Bonchev–Trinajstić information content (AvgIpc) is 2.29. The van der Waals surface area contributed by atoms with Gasteiger partial charge in [0.2, 0.25) is 5.91 Å². The minimum Gasteiger partial charge on any atom is -0.381 e. The molecule has 1 amide bonds. The van der Waals surface area contributed by atoms with Gasteiger partial charge >= 0.3 is 0 Å². The van der Waals surface area contributed by atoms with Gasteiger partial charge in [0.1, 0.15) is 0 Å². The number of nitrogens with one attached hydrogen (secondary N) is 1. The Morgan fingerprint density at radius 2 is 2.00 bits per heavy atom. The lowest BCUT2D eigenvalue weighted by Gasteiger charge is -2.38. The predicted molar refractivity (Wildman–Crippen MR) is 66.5 cm³/mol. The van der Waals surface area contributed by atoms with E-state index in [9.17, 15) is 4.79 Å². The van der Waals surface area contributed by atoms with Gasteiger partial charge in [-0.15, -0.1) is 0 Å². The zero-order valence-electron chi connectivity index (χ0n) is 10.7. The molecule has 2 atom stereocenters. The maximum Gasteiger partial charge on any atom is 0.225 e. The topological polar surface area (TPSA) is 64.4 Å². The standard InChI is InChI=1S/C13H24N2O2/c1-13(14)7-3-2-4-11(13)12(16)15-10-5-8-17-9-6-10/h10-11H,2-9,14H2,1H3,(H,15,16). The van der Waals surface area contributed by atoms with Crippen molar-refractivity contribution in [2.75, 3.05) is 13.2 Å². The summed E-state index contributed by atoms with van der Waals surface area (Å²) in [5.41, 5.74) is 5.92. The first kappa shape index (κ1) is 12.8. The highest BCUT2D eigenvalue weighted by atomic mass is 16.5. The molecular formula is C13H24N2O2. The highest BCUT2D eigenvalue weighted by Gasteiger charge is 2.38. The molecule has 98 valence electrons. The van der Waals surface area contributed by atoms with Gasteiger partial charge < -0.3 is 15.8 Å². The monoisotopic (exact) mass is 240 g/mol. The van der Waals surface area contributed by atoms with Crippen molar-refractivity contribution in [1.29, 1.82) is 0 Å². The van der Waals surface area contributed by atoms with Crippen LogP contribution in [0.1, 0.15) is 45.4 Å². The second-order valence-electron chi connectivity index (χ2n) is 5.70. The minimum absolute atomic E-state index is 0.0147. The SMILES string of the molecule is CC1(N)CCCCC1C(=O)NC1CCOCC1. The van der Waals surface area contributed by atoms with E-state index in [0.717, 1.165) is 51.7 Å². The molecule has 0 spiro atoms. The van der Waals surface area contributed by atoms with Crippen molar-refractivity contribution in [2.45, 2.75) is 57.0 Å². The van der Waals surface area contributed by atoms with E-state index in [0.29, 0.717) is 0 Å². The van der Waals surface area contributed by atoms with Gasteiger partial charge in [-0.2, -0.15) is 0 Å². The van der Waals surface area contributed by atoms with Crippen LogP contribution >= 0.6 is 0 Å². The van der Waals surface area contributed by atoms with Crippen LogP contribution in [0.4, 0.5) is 0 Å². The van der Waals surface area contributed by atoms with Crippen molar-refractivity contribution in [2.24, 2.45) is 11.7 Å². The van der Waals surface area contributed by atoms with Crippen molar-refractivity contribution in [1.82, 2.24) is 5.32 Å². The molecule has 1 heterocycles. The van der Waals surface area contributed by atoms with Crippen LogP contribution in [0.2, 0.25) is 0 Å². The summed E-state index contributed by atoms with van der Waals surface area (Å²) in [7, 11) is 0. The lowest BCUT2D eigenvalue weighted by atomic mass is 9.74. The molecule has 2 fully saturated rings. The van der Waals surface area contributed by atoms with E-state index in [4.69, 9.17) is 10.5 Å². The number of hydrogen-bond acceptors (Lipinski definition) is 3. The summed E-state index contributed by atoms with van der Waals surface area (Å²) in [6.45, 7) is 3.53. The molecule has 0 radical (unpaired) electrons. The van der Waals surface area contributed by atoms with Gasteiger partial charge in [-0.1, -0.05) is 12.8 Å². The fourth-order valence-electron chi connectivity index (χ4n) is 2.93. The Labute approximate surface area is 103 Å². The zero-order valence-corrected chi connectivity index (χ0v) is 10.7. The summed E-state index contributed by atoms with van der Waals surface area (Å²) in [6, 6.07) is 0.286. The number of carbonyl (C=O) groups excluding carboxylic acids is 1. The molecule has 0 bridgehead atoms. The van der Waals surface area contributed by atoms with Crippen LogP contribution in [0, 0.1) is 5.92 Å². The Bertz CT molecular complexity index is 273. The minimum atomic E-state index is -0.326. The van der Waals surface area contributed by atoms with Gasteiger partial charge in [0.25, 0.3) is 0 Å². The third kappa shape index (κ3) is 3.19. The van der Waals surface area contributed by atoms with Crippen molar-refractivity contribution in [3.8, 4) is 0 Å². The number of amides is 1. The third-order valence-corrected chi connectivity index (χ3v) is 4.14. The Hall–Kier alpha value is -0.610. The molecule has 0 aromatic heterocycles. The van der Waals surface area contributed by atoms with E-state index < -0.39 is 0 Å². The van der Waals surface area contributed by atoms with E-state index in [1.54, 1.807) is 0 Å². The fourth-order valence-corrected chi connectivity index (χ4v) is 2.93. The quantitative estimate of drug-likeness (QED) is 0.762. The van der Waals surface area contributed by atoms with Crippen LogP contribution < -0.4 is 11.1 Å².